The van der Waals surface area contributed by atoms with Crippen molar-refractivity contribution < 1.29 is 4.79 Å². The Morgan fingerprint density at radius 2 is 1.93 bits per heavy atom. The molecule has 0 spiro atoms. The number of benzene rings is 1. The van der Waals surface area contributed by atoms with Gasteiger partial charge in [-0.25, -0.2) is 0 Å². The molecule has 0 fully saturated rings. The van der Waals surface area contributed by atoms with Crippen molar-refractivity contribution in [2.75, 3.05) is 11.5 Å². The average molecular weight is 233 g/mol. The minimum atomic E-state index is -0.789. The summed E-state index contributed by atoms with van der Waals surface area (Å²) in [6.07, 6.45) is 0.578. The number of nitrogen functional groups attached to an aromatic ring is 2. The van der Waals surface area contributed by atoms with E-state index in [-0.39, 0.29) is 0 Å². The maximum Gasteiger partial charge on any atom is 0.139 e. The summed E-state index contributed by atoms with van der Waals surface area (Å²) in [5, 5.41) is -1.42. The Morgan fingerprint density at radius 3 is 2.43 bits per heavy atom. The zero-order chi connectivity index (χ0) is 10.7. The van der Waals surface area contributed by atoms with Gasteiger partial charge in [0.05, 0.1) is 5.38 Å². The van der Waals surface area contributed by atoms with Gasteiger partial charge in [-0.15, -0.1) is 23.2 Å². The van der Waals surface area contributed by atoms with Gasteiger partial charge in [0.1, 0.15) is 11.7 Å². The van der Waals surface area contributed by atoms with Gasteiger partial charge in [-0.3, -0.25) is 0 Å². The number of anilines is 2. The fraction of sp³-hybridized carbons (Fsp3) is 0.222. The molecule has 0 bridgehead atoms. The molecule has 76 valence electrons. The molecular weight excluding hydrogens is 223 g/mol. The predicted molar refractivity (Wildman–Crippen MR) is 59.6 cm³/mol. The van der Waals surface area contributed by atoms with Crippen LogP contribution in [0.5, 0.6) is 0 Å². The van der Waals surface area contributed by atoms with Crippen LogP contribution in [0.3, 0.4) is 0 Å². The molecule has 1 aromatic carbocycles. The summed E-state index contributed by atoms with van der Waals surface area (Å²) in [6.45, 7) is 0. The molecule has 4 N–H and O–H groups in total. The van der Waals surface area contributed by atoms with E-state index in [1.54, 1.807) is 18.2 Å². The third-order valence-corrected chi connectivity index (χ3v) is 2.81. The molecule has 1 rings (SSSR count). The molecule has 2 unspecified atom stereocenters. The van der Waals surface area contributed by atoms with Gasteiger partial charge in [0.2, 0.25) is 0 Å². The molecule has 5 heteroatoms. The molecule has 3 nitrogen and oxygen atoms in total. The number of carbonyl (C=O) groups is 1. The average Bonchev–Trinajstić information content (AvgIpc) is 2.15. The lowest BCUT2D eigenvalue weighted by molar-refractivity contribution is -0.107. The second-order valence-electron chi connectivity index (χ2n) is 2.87. The van der Waals surface area contributed by atoms with E-state index in [9.17, 15) is 4.79 Å². The lowest BCUT2D eigenvalue weighted by Gasteiger charge is -2.13. The van der Waals surface area contributed by atoms with Gasteiger partial charge in [-0.2, -0.15) is 0 Å². The first kappa shape index (κ1) is 11.1. The molecular formula is C9H10Cl2N2O. The third-order valence-electron chi connectivity index (χ3n) is 1.82. The molecule has 0 aromatic heterocycles. The Balaban J connectivity index is 3.01. The summed E-state index contributed by atoms with van der Waals surface area (Å²) in [5.41, 5.74) is 12.8. The summed E-state index contributed by atoms with van der Waals surface area (Å²) in [7, 11) is 0. The van der Waals surface area contributed by atoms with Crippen molar-refractivity contribution >= 4 is 40.9 Å². The Kier molecular flexibility index (Phi) is 3.61. The standard InChI is InChI=1S/C9H10Cl2N2O/c10-7(4-14)9(11)6-2-1-5(12)3-8(6)13/h1-4,7,9H,12-13H2. The first-order valence-electron chi connectivity index (χ1n) is 3.94. The summed E-state index contributed by atoms with van der Waals surface area (Å²) in [5.74, 6) is 0. The fourth-order valence-corrected chi connectivity index (χ4v) is 1.48. The second kappa shape index (κ2) is 4.53. The second-order valence-corrected chi connectivity index (χ2v) is 3.84. The summed E-state index contributed by atoms with van der Waals surface area (Å²) >= 11 is 11.6. The molecule has 0 aliphatic heterocycles. The third kappa shape index (κ3) is 2.30. The first-order chi connectivity index (χ1) is 6.56. The monoisotopic (exact) mass is 232 g/mol. The van der Waals surface area contributed by atoms with E-state index >= 15 is 0 Å². The summed E-state index contributed by atoms with van der Waals surface area (Å²) in [6, 6.07) is 4.91. The van der Waals surface area contributed by atoms with Gasteiger partial charge in [-0.1, -0.05) is 6.07 Å². The number of alkyl halides is 2. The smallest absolute Gasteiger partial charge is 0.139 e. The van der Waals surface area contributed by atoms with Crippen LogP contribution in [0.15, 0.2) is 18.2 Å². The van der Waals surface area contributed by atoms with Gasteiger partial charge in [0.15, 0.2) is 0 Å². The van der Waals surface area contributed by atoms with Crippen molar-refractivity contribution in [2.24, 2.45) is 0 Å². The van der Waals surface area contributed by atoms with Crippen LogP contribution in [-0.4, -0.2) is 11.7 Å². The number of carbonyl (C=O) groups excluding carboxylic acids is 1. The largest absolute Gasteiger partial charge is 0.399 e. The molecule has 14 heavy (non-hydrogen) atoms. The highest BCUT2D eigenvalue weighted by molar-refractivity contribution is 6.35. The van der Waals surface area contributed by atoms with Crippen molar-refractivity contribution in [1.29, 1.82) is 0 Å². The van der Waals surface area contributed by atoms with E-state index < -0.39 is 10.8 Å². The van der Waals surface area contributed by atoms with Gasteiger partial charge < -0.3 is 16.3 Å². The van der Waals surface area contributed by atoms with E-state index in [1.165, 1.54) is 0 Å². The molecule has 0 aliphatic rings. The van der Waals surface area contributed by atoms with Crippen LogP contribution < -0.4 is 11.5 Å². The normalized spacial score (nSPS) is 14.7. The lowest BCUT2D eigenvalue weighted by Crippen LogP contribution is -2.10. The Hall–Kier alpha value is -0.930. The predicted octanol–water partition coefficient (Wildman–Crippen LogP) is 1.94. The number of nitrogens with two attached hydrogens (primary N) is 2. The van der Waals surface area contributed by atoms with Crippen LogP contribution >= 0.6 is 23.2 Å². The van der Waals surface area contributed by atoms with Crippen LogP contribution in [0.1, 0.15) is 10.9 Å². The van der Waals surface area contributed by atoms with Gasteiger partial charge >= 0.3 is 0 Å². The summed E-state index contributed by atoms with van der Waals surface area (Å²) < 4.78 is 0. The maximum absolute atomic E-state index is 10.4. The number of hydrogen-bond acceptors (Lipinski definition) is 3. The van der Waals surface area contributed by atoms with Crippen molar-refractivity contribution in [2.45, 2.75) is 10.8 Å². The lowest BCUT2D eigenvalue weighted by atomic mass is 10.1. The molecule has 0 radical (unpaired) electrons. The highest BCUT2D eigenvalue weighted by Gasteiger charge is 2.19. The zero-order valence-corrected chi connectivity index (χ0v) is 8.79. The highest BCUT2D eigenvalue weighted by atomic mass is 35.5. The van der Waals surface area contributed by atoms with Crippen LogP contribution in [0, 0.1) is 0 Å². The Bertz CT molecular complexity index is 344. The van der Waals surface area contributed by atoms with Crippen LogP contribution in [0.4, 0.5) is 11.4 Å². The van der Waals surface area contributed by atoms with E-state index in [2.05, 4.69) is 0 Å². The van der Waals surface area contributed by atoms with E-state index in [4.69, 9.17) is 34.7 Å². The van der Waals surface area contributed by atoms with Crippen molar-refractivity contribution in [3.05, 3.63) is 23.8 Å². The topological polar surface area (TPSA) is 69.1 Å². The van der Waals surface area contributed by atoms with Gasteiger partial charge in [0, 0.05) is 11.4 Å². The SMILES string of the molecule is Nc1ccc(C(Cl)C(Cl)C=O)c(N)c1. The Labute approximate surface area is 92.0 Å². The zero-order valence-electron chi connectivity index (χ0n) is 7.28. The molecule has 2 atom stereocenters. The molecule has 0 amide bonds. The van der Waals surface area contributed by atoms with Gasteiger partial charge in [-0.05, 0) is 17.7 Å². The fourth-order valence-electron chi connectivity index (χ4n) is 1.08. The molecule has 0 aliphatic carbocycles. The van der Waals surface area contributed by atoms with Crippen LogP contribution in [-0.2, 0) is 4.79 Å². The van der Waals surface area contributed by atoms with Crippen molar-refractivity contribution in [3.63, 3.8) is 0 Å². The van der Waals surface area contributed by atoms with E-state index in [1.807, 2.05) is 0 Å². The quantitative estimate of drug-likeness (QED) is 0.476. The molecule has 1 aromatic rings. The number of halogens is 2. The van der Waals surface area contributed by atoms with Crippen molar-refractivity contribution in [3.8, 4) is 0 Å². The first-order valence-corrected chi connectivity index (χ1v) is 4.82. The number of hydrogen-bond donors (Lipinski definition) is 2. The van der Waals surface area contributed by atoms with E-state index in [0.717, 1.165) is 0 Å². The van der Waals surface area contributed by atoms with Crippen LogP contribution in [0.25, 0.3) is 0 Å². The van der Waals surface area contributed by atoms with E-state index in [0.29, 0.717) is 23.2 Å². The van der Waals surface area contributed by atoms with Crippen LogP contribution in [0.2, 0.25) is 0 Å². The molecule has 0 heterocycles. The van der Waals surface area contributed by atoms with Crippen molar-refractivity contribution in [1.82, 2.24) is 0 Å². The summed E-state index contributed by atoms with van der Waals surface area (Å²) in [4.78, 5) is 10.4. The molecule has 0 saturated heterocycles. The molecule has 0 saturated carbocycles. The number of aldehydes is 1. The minimum Gasteiger partial charge on any atom is -0.399 e. The highest BCUT2D eigenvalue weighted by Crippen LogP contribution is 2.31. The number of rotatable bonds is 3. The Morgan fingerprint density at radius 1 is 1.29 bits per heavy atom. The van der Waals surface area contributed by atoms with Gasteiger partial charge in [0.25, 0.3) is 0 Å². The minimum absolute atomic E-state index is 0.442. The maximum atomic E-state index is 10.4.